The number of aliphatic hydroxyl groups is 1. The highest BCUT2D eigenvalue weighted by Crippen LogP contribution is 2.43. The summed E-state index contributed by atoms with van der Waals surface area (Å²) in [5.74, 6) is 0.122. The van der Waals surface area contributed by atoms with Crippen molar-refractivity contribution in [3.05, 3.63) is 108 Å². The van der Waals surface area contributed by atoms with Crippen LogP contribution in [0.5, 0.6) is 0 Å². The maximum Gasteiger partial charge on any atom is 0.315 e. The van der Waals surface area contributed by atoms with Crippen molar-refractivity contribution in [2.24, 2.45) is 5.92 Å². The van der Waals surface area contributed by atoms with Gasteiger partial charge < -0.3 is 25.2 Å². The number of carbonyl (C=O) groups excluding carboxylic acids is 1. The Kier molecular flexibility index (Phi) is 11.2. The summed E-state index contributed by atoms with van der Waals surface area (Å²) in [5, 5.41) is 15.3. The molecule has 1 aliphatic carbocycles. The molecule has 4 atom stereocenters. The number of aliphatic hydroxyl groups excluding tert-OH is 1. The minimum absolute atomic E-state index is 0.0175. The Morgan fingerprint density at radius 1 is 0.955 bits per heavy atom. The summed E-state index contributed by atoms with van der Waals surface area (Å²) < 4.78 is 13.6. The SMILES string of the molecule is C=CCN(C[C@@H]1O[C@H](c2cccc(-c3cccc(CNC(=O)NCC)c3)c2)O[C@H](c2ccc(CO)cc2)[C@@H]1C)C1CCCC1. The summed E-state index contributed by atoms with van der Waals surface area (Å²) in [6.07, 6.45) is 6.28. The van der Waals surface area contributed by atoms with Crippen LogP contribution in [0.25, 0.3) is 11.1 Å². The van der Waals surface area contributed by atoms with Crippen LogP contribution >= 0.6 is 0 Å². The van der Waals surface area contributed by atoms with E-state index >= 15 is 0 Å². The summed E-state index contributed by atoms with van der Waals surface area (Å²) >= 11 is 0. The van der Waals surface area contributed by atoms with E-state index in [9.17, 15) is 9.90 Å². The van der Waals surface area contributed by atoms with Crippen molar-refractivity contribution in [2.45, 2.75) is 77.2 Å². The van der Waals surface area contributed by atoms with E-state index in [1.54, 1.807) is 0 Å². The highest BCUT2D eigenvalue weighted by Gasteiger charge is 2.40. The van der Waals surface area contributed by atoms with Gasteiger partial charge in [0, 0.05) is 43.7 Å². The van der Waals surface area contributed by atoms with Crippen LogP contribution in [0.4, 0.5) is 4.79 Å². The first-order chi connectivity index (χ1) is 21.5. The predicted molar refractivity (Wildman–Crippen MR) is 175 cm³/mol. The van der Waals surface area contributed by atoms with E-state index in [0.717, 1.165) is 46.5 Å². The molecule has 44 heavy (non-hydrogen) atoms. The average Bonchev–Trinajstić information content (AvgIpc) is 3.60. The third-order valence-corrected chi connectivity index (χ3v) is 8.95. The standard InChI is InChI=1S/C37H47N3O4/c1-4-20-40(33-14-6-7-15-33)24-34-26(3)35(29-18-16-27(25-41)17-19-29)44-36(43-34)32-13-9-12-31(22-32)30-11-8-10-28(21-30)23-39-37(42)38-5-2/h4,8-13,16-19,21-22,26,33-36,41H,1,5-7,14-15,20,23-25H2,2-3H3,(H2,38,39,42)/t26-,34+,35+,36+/m1/s1. The number of rotatable bonds is 12. The van der Waals surface area contributed by atoms with Crippen LogP contribution in [0.1, 0.15) is 74.2 Å². The van der Waals surface area contributed by atoms with Gasteiger partial charge in [0.05, 0.1) is 18.8 Å². The quantitative estimate of drug-likeness (QED) is 0.198. The molecule has 3 aromatic carbocycles. The van der Waals surface area contributed by atoms with Gasteiger partial charge in [0.1, 0.15) is 0 Å². The van der Waals surface area contributed by atoms with Crippen LogP contribution in [-0.2, 0) is 22.6 Å². The molecule has 7 heteroatoms. The zero-order chi connectivity index (χ0) is 30.9. The van der Waals surface area contributed by atoms with Gasteiger partial charge in [-0.1, -0.05) is 86.5 Å². The minimum Gasteiger partial charge on any atom is -0.392 e. The number of ether oxygens (including phenoxy) is 2. The normalized spacial score (nSPS) is 22.2. The first-order valence-corrected chi connectivity index (χ1v) is 16.1. The molecule has 1 heterocycles. The fourth-order valence-electron chi connectivity index (χ4n) is 6.50. The van der Waals surface area contributed by atoms with E-state index in [-0.39, 0.29) is 30.8 Å². The predicted octanol–water partition coefficient (Wildman–Crippen LogP) is 6.89. The lowest BCUT2D eigenvalue weighted by molar-refractivity contribution is -0.276. The first kappa shape index (κ1) is 31.9. The van der Waals surface area contributed by atoms with E-state index in [2.05, 4.69) is 77.6 Å². The Balaban J connectivity index is 1.40. The number of benzene rings is 3. The highest BCUT2D eigenvalue weighted by atomic mass is 16.7. The van der Waals surface area contributed by atoms with Crippen molar-refractivity contribution in [3.8, 4) is 11.1 Å². The van der Waals surface area contributed by atoms with Gasteiger partial charge in [0.25, 0.3) is 0 Å². The zero-order valence-corrected chi connectivity index (χ0v) is 26.1. The molecule has 1 saturated carbocycles. The lowest BCUT2D eigenvalue weighted by Gasteiger charge is -2.43. The Morgan fingerprint density at radius 3 is 2.39 bits per heavy atom. The van der Waals surface area contributed by atoms with E-state index < -0.39 is 6.29 Å². The second kappa shape index (κ2) is 15.5. The zero-order valence-electron chi connectivity index (χ0n) is 26.1. The number of hydrogen-bond donors (Lipinski definition) is 3. The molecule has 1 saturated heterocycles. The smallest absolute Gasteiger partial charge is 0.315 e. The molecule has 2 aliphatic rings. The number of hydrogen-bond acceptors (Lipinski definition) is 5. The van der Waals surface area contributed by atoms with Gasteiger partial charge in [0.15, 0.2) is 6.29 Å². The first-order valence-electron chi connectivity index (χ1n) is 16.1. The summed E-state index contributed by atoms with van der Waals surface area (Å²) in [4.78, 5) is 14.5. The summed E-state index contributed by atoms with van der Waals surface area (Å²) in [6.45, 7) is 10.9. The lowest BCUT2D eigenvalue weighted by Crippen LogP contribution is -2.47. The number of nitrogens with one attached hydrogen (secondary N) is 2. The van der Waals surface area contributed by atoms with Gasteiger partial charge in [0.2, 0.25) is 0 Å². The lowest BCUT2D eigenvalue weighted by atomic mass is 9.89. The Hall–Kier alpha value is -3.49. The molecule has 2 fully saturated rings. The third-order valence-electron chi connectivity index (χ3n) is 8.95. The van der Waals surface area contributed by atoms with Gasteiger partial charge >= 0.3 is 6.03 Å². The van der Waals surface area contributed by atoms with Crippen LogP contribution < -0.4 is 10.6 Å². The molecular formula is C37H47N3O4. The van der Waals surface area contributed by atoms with Crippen molar-refractivity contribution in [1.82, 2.24) is 15.5 Å². The Morgan fingerprint density at radius 2 is 1.68 bits per heavy atom. The van der Waals surface area contributed by atoms with E-state index in [4.69, 9.17) is 9.47 Å². The third kappa shape index (κ3) is 7.96. The van der Waals surface area contributed by atoms with Crippen molar-refractivity contribution < 1.29 is 19.4 Å². The van der Waals surface area contributed by atoms with Gasteiger partial charge in [-0.05, 0) is 59.7 Å². The van der Waals surface area contributed by atoms with Crippen LogP contribution in [0.2, 0.25) is 0 Å². The summed E-state index contributed by atoms with van der Waals surface area (Å²) in [7, 11) is 0. The highest BCUT2D eigenvalue weighted by molar-refractivity contribution is 5.74. The second-order valence-electron chi connectivity index (χ2n) is 12.0. The molecule has 3 N–H and O–H groups in total. The van der Waals surface area contributed by atoms with Crippen molar-refractivity contribution in [3.63, 3.8) is 0 Å². The molecule has 3 aromatic rings. The van der Waals surface area contributed by atoms with Crippen LogP contribution in [0, 0.1) is 5.92 Å². The molecule has 7 nitrogen and oxygen atoms in total. The monoisotopic (exact) mass is 597 g/mol. The van der Waals surface area contributed by atoms with Gasteiger partial charge in [-0.25, -0.2) is 4.79 Å². The molecule has 0 radical (unpaired) electrons. The van der Waals surface area contributed by atoms with Gasteiger partial charge in [-0.2, -0.15) is 0 Å². The summed E-state index contributed by atoms with van der Waals surface area (Å²) in [6, 6.07) is 25.1. The van der Waals surface area contributed by atoms with E-state index in [1.807, 2.05) is 37.3 Å². The number of nitrogens with zero attached hydrogens (tertiary/aromatic N) is 1. The van der Waals surface area contributed by atoms with Crippen LogP contribution in [0.15, 0.2) is 85.5 Å². The Labute approximate surface area is 262 Å². The molecule has 0 spiro atoms. The van der Waals surface area contributed by atoms with E-state index in [0.29, 0.717) is 19.1 Å². The van der Waals surface area contributed by atoms with Crippen molar-refractivity contribution in [2.75, 3.05) is 19.6 Å². The maximum absolute atomic E-state index is 11.9. The molecule has 0 unspecified atom stereocenters. The number of amides is 2. The van der Waals surface area contributed by atoms with Crippen molar-refractivity contribution in [1.29, 1.82) is 0 Å². The maximum atomic E-state index is 11.9. The number of carbonyl (C=O) groups is 1. The van der Waals surface area contributed by atoms with Crippen LogP contribution in [-0.4, -0.2) is 47.8 Å². The molecule has 5 rings (SSSR count). The molecule has 1 aliphatic heterocycles. The molecule has 234 valence electrons. The van der Waals surface area contributed by atoms with Gasteiger partial charge in [-0.15, -0.1) is 6.58 Å². The fourth-order valence-corrected chi connectivity index (χ4v) is 6.50. The fraction of sp³-hybridized carbons (Fsp3) is 0.432. The second-order valence-corrected chi connectivity index (χ2v) is 12.0. The molecular weight excluding hydrogens is 550 g/mol. The Bertz CT molecular complexity index is 1370. The van der Waals surface area contributed by atoms with E-state index in [1.165, 1.54) is 25.7 Å². The summed E-state index contributed by atoms with van der Waals surface area (Å²) in [5.41, 5.74) is 6.10. The topological polar surface area (TPSA) is 83.1 Å². The van der Waals surface area contributed by atoms with Gasteiger partial charge in [-0.3, -0.25) is 4.90 Å². The largest absolute Gasteiger partial charge is 0.392 e. The molecule has 0 aromatic heterocycles. The number of urea groups is 1. The molecule has 2 amide bonds. The molecule has 0 bridgehead atoms. The van der Waals surface area contributed by atoms with Crippen molar-refractivity contribution >= 4 is 6.03 Å². The van der Waals surface area contributed by atoms with Crippen LogP contribution in [0.3, 0.4) is 0 Å². The average molecular weight is 598 g/mol. The minimum atomic E-state index is -0.532.